The highest BCUT2D eigenvalue weighted by Gasteiger charge is 2.17. The second kappa shape index (κ2) is 8.08. The first-order chi connectivity index (χ1) is 10.1. The van der Waals surface area contributed by atoms with Crippen LogP contribution in [-0.2, 0) is 14.8 Å². The van der Waals surface area contributed by atoms with Crippen molar-refractivity contribution in [2.45, 2.75) is 49.5 Å². The smallest absolute Gasteiger partial charge is 0.243 e. The van der Waals surface area contributed by atoms with Gasteiger partial charge in [0.05, 0.1) is 11.1 Å². The van der Waals surface area contributed by atoms with E-state index in [-0.39, 0.29) is 9.92 Å². The molecular formula is C14H21ClN2O3S. The number of nitrogens with one attached hydrogen (secondary N) is 1. The Labute approximate surface area is 131 Å². The number of aromatic nitrogens is 1. The van der Waals surface area contributed by atoms with Gasteiger partial charge in [0, 0.05) is 25.5 Å². The minimum Gasteiger partial charge on any atom is -0.378 e. The molecule has 0 aliphatic heterocycles. The highest BCUT2D eigenvalue weighted by Crippen LogP contribution is 2.20. The van der Waals surface area contributed by atoms with Gasteiger partial charge in [-0.3, -0.25) is 4.98 Å². The number of nitrogens with zero attached hydrogens (tertiary/aromatic N) is 1. The molecule has 1 saturated carbocycles. The molecule has 1 aliphatic carbocycles. The van der Waals surface area contributed by atoms with Gasteiger partial charge >= 0.3 is 0 Å². The number of hydrogen-bond donors (Lipinski definition) is 1. The van der Waals surface area contributed by atoms with E-state index in [9.17, 15) is 8.42 Å². The van der Waals surface area contributed by atoms with Gasteiger partial charge < -0.3 is 4.74 Å². The molecule has 21 heavy (non-hydrogen) atoms. The van der Waals surface area contributed by atoms with Crippen molar-refractivity contribution in [3.8, 4) is 0 Å². The van der Waals surface area contributed by atoms with E-state index in [1.54, 1.807) is 0 Å². The van der Waals surface area contributed by atoms with Crippen LogP contribution in [0.25, 0.3) is 0 Å². The fourth-order valence-corrected chi connectivity index (χ4v) is 3.90. The number of sulfonamides is 1. The van der Waals surface area contributed by atoms with Gasteiger partial charge in [-0.15, -0.1) is 0 Å². The molecule has 0 atom stereocenters. The molecule has 0 aromatic carbocycles. The molecule has 1 heterocycles. The van der Waals surface area contributed by atoms with Crippen molar-refractivity contribution in [1.29, 1.82) is 0 Å². The summed E-state index contributed by atoms with van der Waals surface area (Å²) in [5.74, 6) is 0. The number of hydrogen-bond acceptors (Lipinski definition) is 4. The molecule has 0 bridgehead atoms. The number of halogens is 1. The molecule has 7 heteroatoms. The second-order valence-corrected chi connectivity index (χ2v) is 7.33. The first-order valence-electron chi connectivity index (χ1n) is 7.30. The van der Waals surface area contributed by atoms with Crippen LogP contribution in [0.5, 0.6) is 0 Å². The third-order valence-corrected chi connectivity index (χ3v) is 5.47. The quantitative estimate of drug-likeness (QED) is 0.779. The van der Waals surface area contributed by atoms with Gasteiger partial charge in [-0.2, -0.15) is 0 Å². The maximum atomic E-state index is 12.0. The molecule has 1 aliphatic rings. The lowest BCUT2D eigenvalue weighted by atomic mass is 9.98. The van der Waals surface area contributed by atoms with Crippen molar-refractivity contribution < 1.29 is 13.2 Å². The molecule has 5 nitrogen and oxygen atoms in total. The van der Waals surface area contributed by atoms with Gasteiger partial charge in [-0.25, -0.2) is 13.1 Å². The first-order valence-corrected chi connectivity index (χ1v) is 9.16. The SMILES string of the molecule is O=S(=O)(NCCCOC1CCCCC1)c1cnccc1Cl. The van der Waals surface area contributed by atoms with Crippen LogP contribution in [-0.4, -0.2) is 32.7 Å². The largest absolute Gasteiger partial charge is 0.378 e. The van der Waals surface area contributed by atoms with Crippen LogP contribution in [0, 0.1) is 0 Å². The average Bonchev–Trinajstić information content (AvgIpc) is 2.48. The Hall–Kier alpha value is -0.690. The zero-order chi connectivity index (χ0) is 15.1. The van der Waals surface area contributed by atoms with Gasteiger partial charge in [0.15, 0.2) is 0 Å². The summed E-state index contributed by atoms with van der Waals surface area (Å²) in [4.78, 5) is 3.80. The van der Waals surface area contributed by atoms with Gasteiger partial charge in [-0.1, -0.05) is 30.9 Å². The van der Waals surface area contributed by atoms with Crippen molar-refractivity contribution in [3.05, 3.63) is 23.5 Å². The third-order valence-electron chi connectivity index (χ3n) is 3.54. The Balaban J connectivity index is 1.71. The van der Waals surface area contributed by atoms with E-state index in [0.29, 0.717) is 25.7 Å². The topological polar surface area (TPSA) is 68.3 Å². The molecule has 1 N–H and O–H groups in total. The Morgan fingerprint density at radius 1 is 1.33 bits per heavy atom. The average molecular weight is 333 g/mol. The van der Waals surface area contributed by atoms with E-state index in [2.05, 4.69) is 9.71 Å². The summed E-state index contributed by atoms with van der Waals surface area (Å²) >= 11 is 5.87. The lowest BCUT2D eigenvalue weighted by molar-refractivity contribution is 0.0278. The summed E-state index contributed by atoms with van der Waals surface area (Å²) in [6, 6.07) is 1.46. The van der Waals surface area contributed by atoms with Gasteiger partial charge in [0.2, 0.25) is 10.0 Å². The monoisotopic (exact) mass is 332 g/mol. The van der Waals surface area contributed by atoms with Crippen LogP contribution in [0.15, 0.2) is 23.4 Å². The van der Waals surface area contributed by atoms with Gasteiger partial charge in [0.1, 0.15) is 4.90 Å². The zero-order valence-electron chi connectivity index (χ0n) is 11.9. The lowest BCUT2D eigenvalue weighted by Gasteiger charge is -2.21. The summed E-state index contributed by atoms with van der Waals surface area (Å²) in [6.07, 6.45) is 9.71. The molecule has 0 unspecified atom stereocenters. The summed E-state index contributed by atoms with van der Waals surface area (Å²) < 4.78 is 32.4. The second-order valence-electron chi connectivity index (χ2n) is 5.19. The summed E-state index contributed by atoms with van der Waals surface area (Å²) in [5.41, 5.74) is 0. The number of pyridine rings is 1. The maximum Gasteiger partial charge on any atom is 0.243 e. The Kier molecular flexibility index (Phi) is 6.41. The fourth-order valence-electron chi connectivity index (χ4n) is 2.40. The summed E-state index contributed by atoms with van der Waals surface area (Å²) in [7, 11) is -3.60. The highest BCUT2D eigenvalue weighted by atomic mass is 35.5. The molecule has 0 spiro atoms. The highest BCUT2D eigenvalue weighted by molar-refractivity contribution is 7.89. The molecule has 2 rings (SSSR count). The van der Waals surface area contributed by atoms with E-state index in [0.717, 1.165) is 12.8 Å². The van der Waals surface area contributed by atoms with Crippen LogP contribution in [0.3, 0.4) is 0 Å². The van der Waals surface area contributed by atoms with E-state index in [4.69, 9.17) is 16.3 Å². The summed E-state index contributed by atoms with van der Waals surface area (Å²) in [5, 5.41) is 0.177. The number of rotatable bonds is 7. The Morgan fingerprint density at radius 2 is 2.10 bits per heavy atom. The lowest BCUT2D eigenvalue weighted by Crippen LogP contribution is -2.26. The molecule has 1 aromatic rings. The fraction of sp³-hybridized carbons (Fsp3) is 0.643. The van der Waals surface area contributed by atoms with Crippen LogP contribution in [0.4, 0.5) is 0 Å². The Morgan fingerprint density at radius 3 is 2.81 bits per heavy atom. The first kappa shape index (κ1) is 16.7. The molecule has 118 valence electrons. The van der Waals surface area contributed by atoms with E-state index >= 15 is 0 Å². The minimum atomic E-state index is -3.60. The van der Waals surface area contributed by atoms with E-state index in [1.807, 2.05) is 0 Å². The normalized spacial score (nSPS) is 17.0. The van der Waals surface area contributed by atoms with Crippen molar-refractivity contribution in [2.75, 3.05) is 13.2 Å². The molecule has 0 saturated heterocycles. The molecule has 0 amide bonds. The molecule has 0 radical (unpaired) electrons. The maximum absolute atomic E-state index is 12.0. The number of ether oxygens (including phenoxy) is 1. The van der Waals surface area contributed by atoms with Crippen molar-refractivity contribution in [2.24, 2.45) is 0 Å². The van der Waals surface area contributed by atoms with Crippen LogP contribution in [0.1, 0.15) is 38.5 Å². The molecule has 1 aromatic heterocycles. The standard InChI is InChI=1S/C14H21ClN2O3S/c15-13-7-9-16-11-14(13)21(18,19)17-8-4-10-20-12-5-2-1-3-6-12/h7,9,11-12,17H,1-6,8,10H2. The van der Waals surface area contributed by atoms with Crippen LogP contribution in [0.2, 0.25) is 5.02 Å². The zero-order valence-corrected chi connectivity index (χ0v) is 13.5. The molecule has 1 fully saturated rings. The van der Waals surface area contributed by atoms with E-state index < -0.39 is 10.0 Å². The van der Waals surface area contributed by atoms with Crippen LogP contribution >= 0.6 is 11.6 Å². The van der Waals surface area contributed by atoms with Crippen molar-refractivity contribution >= 4 is 21.6 Å². The third kappa shape index (κ3) is 5.21. The predicted molar refractivity (Wildman–Crippen MR) is 81.9 cm³/mol. The van der Waals surface area contributed by atoms with Crippen molar-refractivity contribution in [1.82, 2.24) is 9.71 Å². The summed E-state index contributed by atoms with van der Waals surface area (Å²) in [6.45, 7) is 0.911. The van der Waals surface area contributed by atoms with Gasteiger partial charge in [0.25, 0.3) is 0 Å². The minimum absolute atomic E-state index is 0.0138. The predicted octanol–water partition coefficient (Wildman–Crippen LogP) is 2.75. The van der Waals surface area contributed by atoms with Gasteiger partial charge in [-0.05, 0) is 25.3 Å². The van der Waals surface area contributed by atoms with E-state index in [1.165, 1.54) is 37.7 Å². The Bertz CT molecular complexity index is 545. The molecular weight excluding hydrogens is 312 g/mol. The van der Waals surface area contributed by atoms with Crippen molar-refractivity contribution in [3.63, 3.8) is 0 Å². The van der Waals surface area contributed by atoms with Crippen LogP contribution < -0.4 is 4.72 Å².